The predicted octanol–water partition coefficient (Wildman–Crippen LogP) is 6.77. The van der Waals surface area contributed by atoms with E-state index in [2.05, 4.69) is 28.3 Å². The van der Waals surface area contributed by atoms with Crippen LogP contribution in [0, 0.1) is 23.2 Å². The van der Waals surface area contributed by atoms with Crippen molar-refractivity contribution in [3.63, 3.8) is 0 Å². The molecule has 0 spiro atoms. The minimum Gasteiger partial charge on any atom is -0.477 e. The number of hydrogen-bond donors (Lipinski definition) is 1. The normalized spacial score (nSPS) is 19.9. The SMILES string of the molecule is C=C1CCC(C(=O)N(c2cc(C#CC(C)(C)C)sc2C(=O)O)[C@H]2CC[C@H](Oc3cc(CN(C)C)ccn3)CC2)CC1. The van der Waals surface area contributed by atoms with E-state index >= 15 is 0 Å². The van der Waals surface area contributed by atoms with Crippen LogP contribution >= 0.6 is 11.3 Å². The minimum absolute atomic E-state index is 0.00190. The third-order valence-corrected chi connectivity index (χ3v) is 8.63. The summed E-state index contributed by atoms with van der Waals surface area (Å²) in [4.78, 5) is 35.7. The Labute approximate surface area is 248 Å². The monoisotopic (exact) mass is 577 g/mol. The van der Waals surface area contributed by atoms with E-state index in [0.717, 1.165) is 74.8 Å². The van der Waals surface area contributed by atoms with Crippen LogP contribution in [0.1, 0.15) is 92.3 Å². The van der Waals surface area contributed by atoms with Crippen molar-refractivity contribution in [2.75, 3.05) is 19.0 Å². The van der Waals surface area contributed by atoms with Gasteiger partial charge in [-0.15, -0.1) is 11.3 Å². The van der Waals surface area contributed by atoms with Gasteiger partial charge in [-0.05, 0) is 104 Å². The van der Waals surface area contributed by atoms with Crippen molar-refractivity contribution in [1.29, 1.82) is 0 Å². The molecule has 2 aliphatic rings. The van der Waals surface area contributed by atoms with Gasteiger partial charge in [-0.25, -0.2) is 9.78 Å². The van der Waals surface area contributed by atoms with Gasteiger partial charge in [-0.3, -0.25) is 4.79 Å². The van der Waals surface area contributed by atoms with E-state index in [9.17, 15) is 14.7 Å². The number of amides is 1. The summed E-state index contributed by atoms with van der Waals surface area (Å²) in [5, 5.41) is 10.1. The number of carboxylic acid groups (broad SMARTS) is 1. The number of allylic oxidation sites excluding steroid dienone is 1. The molecule has 8 heteroatoms. The van der Waals surface area contributed by atoms with E-state index in [4.69, 9.17) is 4.74 Å². The van der Waals surface area contributed by atoms with Crippen molar-refractivity contribution in [2.45, 2.75) is 90.8 Å². The van der Waals surface area contributed by atoms with Crippen molar-refractivity contribution in [3.05, 3.63) is 51.9 Å². The molecule has 4 rings (SSSR count). The second-order valence-electron chi connectivity index (χ2n) is 12.7. The van der Waals surface area contributed by atoms with Crippen molar-refractivity contribution in [2.24, 2.45) is 11.3 Å². The van der Waals surface area contributed by atoms with Gasteiger partial charge in [0.05, 0.1) is 10.6 Å². The van der Waals surface area contributed by atoms with Crippen molar-refractivity contribution in [3.8, 4) is 17.7 Å². The van der Waals surface area contributed by atoms with Crippen molar-refractivity contribution < 1.29 is 19.4 Å². The lowest BCUT2D eigenvalue weighted by molar-refractivity contribution is -0.123. The second kappa shape index (κ2) is 13.2. The topological polar surface area (TPSA) is 83.0 Å². The number of aromatic carboxylic acids is 1. The van der Waals surface area contributed by atoms with Gasteiger partial charge >= 0.3 is 5.97 Å². The number of aromatic nitrogens is 1. The molecule has 220 valence electrons. The number of pyridine rings is 1. The average Bonchev–Trinajstić information content (AvgIpc) is 3.33. The maximum atomic E-state index is 14.1. The van der Waals surface area contributed by atoms with Gasteiger partial charge in [0.2, 0.25) is 11.8 Å². The summed E-state index contributed by atoms with van der Waals surface area (Å²) in [5.74, 6) is 5.85. The van der Waals surface area contributed by atoms with Crippen LogP contribution < -0.4 is 9.64 Å². The lowest BCUT2D eigenvalue weighted by atomic mass is 9.84. The Balaban J connectivity index is 1.57. The minimum atomic E-state index is -1.02. The van der Waals surface area contributed by atoms with Gasteiger partial charge in [0.15, 0.2) is 0 Å². The molecule has 0 bridgehead atoms. The van der Waals surface area contributed by atoms with Crippen molar-refractivity contribution >= 4 is 28.9 Å². The molecule has 2 saturated carbocycles. The van der Waals surface area contributed by atoms with E-state index in [1.54, 1.807) is 6.20 Å². The van der Waals surface area contributed by atoms with E-state index in [0.29, 0.717) is 16.4 Å². The zero-order valence-electron chi connectivity index (χ0n) is 25.0. The van der Waals surface area contributed by atoms with Crippen LogP contribution in [0.3, 0.4) is 0 Å². The Kier molecular flexibility index (Phi) is 9.93. The first kappa shape index (κ1) is 30.8. The van der Waals surface area contributed by atoms with Crippen LogP contribution in [0.4, 0.5) is 5.69 Å². The number of thiophene rings is 1. The standard InChI is InChI=1S/C33H43N3O4S/c1-22-7-9-24(10-8-22)31(37)36(28-20-27(15-17-33(2,3)4)41-30(28)32(38)39)25-11-13-26(14-12-25)40-29-19-23(16-18-34-29)21-35(5)6/h16,18-20,24-26H,1,7-14,21H2,2-6H3,(H,38,39)/t25-,26-. The summed E-state index contributed by atoms with van der Waals surface area (Å²) in [6, 6.07) is 5.70. The van der Waals surface area contributed by atoms with Crippen LogP contribution in [0.15, 0.2) is 36.5 Å². The molecule has 0 saturated heterocycles. The van der Waals surface area contributed by atoms with Gasteiger partial charge in [-0.1, -0.05) is 24.0 Å². The molecule has 1 N–H and O–H groups in total. The largest absolute Gasteiger partial charge is 0.477 e. The molecular weight excluding hydrogens is 534 g/mol. The van der Waals surface area contributed by atoms with Gasteiger partial charge in [-0.2, -0.15) is 0 Å². The maximum absolute atomic E-state index is 14.1. The molecule has 0 radical (unpaired) electrons. The van der Waals surface area contributed by atoms with Crippen molar-refractivity contribution in [1.82, 2.24) is 9.88 Å². The third-order valence-electron chi connectivity index (χ3n) is 7.60. The molecule has 2 aromatic rings. The summed E-state index contributed by atoms with van der Waals surface area (Å²) in [5.41, 5.74) is 2.59. The molecule has 0 unspecified atom stereocenters. The number of hydrogen-bond acceptors (Lipinski definition) is 6. The van der Waals surface area contributed by atoms with E-state index in [-0.39, 0.29) is 34.3 Å². The second-order valence-corrected chi connectivity index (χ2v) is 13.7. The first-order valence-electron chi connectivity index (χ1n) is 14.6. The number of nitrogens with zero attached hydrogens (tertiary/aromatic N) is 3. The van der Waals surface area contributed by atoms with Gasteiger partial charge in [0, 0.05) is 36.2 Å². The first-order valence-corrected chi connectivity index (χ1v) is 15.4. The molecule has 0 aromatic carbocycles. The van der Waals surface area contributed by atoms with Crippen LogP contribution in [-0.2, 0) is 11.3 Å². The Morgan fingerprint density at radius 3 is 2.41 bits per heavy atom. The Hall–Kier alpha value is -3.15. The van der Waals surface area contributed by atoms with Gasteiger partial charge in [0.1, 0.15) is 11.0 Å². The van der Waals surface area contributed by atoms with E-state index in [1.807, 2.05) is 58.0 Å². The molecule has 41 heavy (non-hydrogen) atoms. The molecular formula is C33H43N3O4S. The highest BCUT2D eigenvalue weighted by Gasteiger charge is 2.37. The fraction of sp³-hybridized carbons (Fsp3) is 0.545. The Bertz CT molecular complexity index is 1310. The molecule has 2 aromatic heterocycles. The Morgan fingerprint density at radius 1 is 1.12 bits per heavy atom. The molecule has 2 aliphatic carbocycles. The first-order chi connectivity index (χ1) is 19.4. The Morgan fingerprint density at radius 2 is 1.80 bits per heavy atom. The lowest BCUT2D eigenvalue weighted by Crippen LogP contribution is -2.47. The molecule has 1 amide bonds. The van der Waals surface area contributed by atoms with E-state index < -0.39 is 5.97 Å². The molecule has 2 heterocycles. The lowest BCUT2D eigenvalue weighted by Gasteiger charge is -2.39. The summed E-state index contributed by atoms with van der Waals surface area (Å²) in [6.45, 7) is 11.0. The number of ether oxygens (including phenoxy) is 1. The number of anilines is 1. The maximum Gasteiger partial charge on any atom is 0.348 e. The number of carboxylic acids is 1. The summed E-state index contributed by atoms with van der Waals surface area (Å²) >= 11 is 1.16. The fourth-order valence-electron chi connectivity index (χ4n) is 5.56. The number of carbonyl (C=O) groups excluding carboxylic acids is 1. The van der Waals surface area contributed by atoms with Gasteiger partial charge < -0.3 is 19.6 Å². The summed E-state index contributed by atoms with van der Waals surface area (Å²) < 4.78 is 6.28. The highest BCUT2D eigenvalue weighted by Crippen LogP contribution is 2.39. The molecule has 7 nitrogen and oxygen atoms in total. The fourth-order valence-corrected chi connectivity index (χ4v) is 6.40. The smallest absolute Gasteiger partial charge is 0.348 e. The van der Waals surface area contributed by atoms with Crippen LogP contribution in [-0.4, -0.2) is 53.1 Å². The molecule has 0 atom stereocenters. The van der Waals surface area contributed by atoms with E-state index in [1.165, 1.54) is 5.57 Å². The number of carbonyl (C=O) groups is 2. The quantitative estimate of drug-likeness (QED) is 0.275. The zero-order valence-corrected chi connectivity index (χ0v) is 25.9. The highest BCUT2D eigenvalue weighted by molar-refractivity contribution is 7.15. The van der Waals surface area contributed by atoms with Crippen LogP contribution in [0.2, 0.25) is 0 Å². The van der Waals surface area contributed by atoms with Gasteiger partial charge in [0.25, 0.3) is 0 Å². The van der Waals surface area contributed by atoms with Crippen LogP contribution in [0.5, 0.6) is 5.88 Å². The number of rotatable bonds is 8. The molecule has 0 aliphatic heterocycles. The zero-order chi connectivity index (χ0) is 29.7. The average molecular weight is 578 g/mol. The highest BCUT2D eigenvalue weighted by atomic mass is 32.1. The molecule has 2 fully saturated rings. The summed E-state index contributed by atoms with van der Waals surface area (Å²) in [7, 11) is 4.06. The third kappa shape index (κ3) is 8.43. The van der Waals surface area contributed by atoms with Crippen LogP contribution in [0.25, 0.3) is 0 Å². The predicted molar refractivity (Wildman–Crippen MR) is 164 cm³/mol. The summed E-state index contributed by atoms with van der Waals surface area (Å²) in [6.07, 6.45) is 7.94.